The van der Waals surface area contributed by atoms with Gasteiger partial charge in [0.05, 0.1) is 11.7 Å². The van der Waals surface area contributed by atoms with E-state index in [1.54, 1.807) is 25.3 Å². The number of anilines is 1. The zero-order valence-corrected chi connectivity index (χ0v) is 21.2. The molecule has 1 fully saturated rings. The van der Waals surface area contributed by atoms with E-state index >= 15 is 0 Å². The van der Waals surface area contributed by atoms with E-state index in [4.69, 9.17) is 19.9 Å². The third-order valence-electron chi connectivity index (χ3n) is 5.20. The van der Waals surface area contributed by atoms with Crippen LogP contribution in [0.5, 0.6) is 0 Å². The number of nitrogens with zero attached hydrogens (tertiary/aromatic N) is 5. The second-order valence-corrected chi connectivity index (χ2v) is 10.2. The molecule has 2 aromatic rings. The first-order valence-electron chi connectivity index (χ1n) is 10.9. The molecule has 4 atom stereocenters. The lowest BCUT2D eigenvalue weighted by atomic mass is 9.97. The van der Waals surface area contributed by atoms with Crippen LogP contribution in [-0.2, 0) is 19.0 Å². The molecule has 1 aliphatic heterocycles. The Morgan fingerprint density at radius 1 is 1.24 bits per heavy atom. The normalized spacial score (nSPS) is 22.8. The van der Waals surface area contributed by atoms with Crippen molar-refractivity contribution in [2.45, 2.75) is 45.3 Å². The van der Waals surface area contributed by atoms with Gasteiger partial charge in [-0.3, -0.25) is 9.36 Å². The third kappa shape index (κ3) is 5.88. The van der Waals surface area contributed by atoms with Crippen molar-refractivity contribution in [1.29, 1.82) is 0 Å². The number of nitrogen functional groups attached to an aromatic ring is 1. The summed E-state index contributed by atoms with van der Waals surface area (Å²) >= 11 is 1.53. The number of rotatable bonds is 8. The van der Waals surface area contributed by atoms with Gasteiger partial charge in [0.25, 0.3) is 0 Å². The average Bonchev–Trinajstić information content (AvgIpc) is 3.30. The molecule has 0 saturated carbocycles. The van der Waals surface area contributed by atoms with E-state index in [-0.39, 0.29) is 5.82 Å². The highest BCUT2D eigenvalue weighted by atomic mass is 32.2. The van der Waals surface area contributed by atoms with E-state index in [1.807, 2.05) is 25.3 Å². The summed E-state index contributed by atoms with van der Waals surface area (Å²) in [4.78, 5) is 40.0. The van der Waals surface area contributed by atoms with Crippen LogP contribution in [0.4, 0.5) is 10.6 Å². The van der Waals surface area contributed by atoms with Crippen LogP contribution in [0.15, 0.2) is 12.7 Å². The number of aromatic nitrogens is 4. The lowest BCUT2D eigenvalue weighted by Gasteiger charge is -2.27. The van der Waals surface area contributed by atoms with Gasteiger partial charge in [0.2, 0.25) is 0 Å². The summed E-state index contributed by atoms with van der Waals surface area (Å²) in [6.45, 7) is 6.32. The molecule has 0 aromatic carbocycles. The van der Waals surface area contributed by atoms with Crippen molar-refractivity contribution < 1.29 is 23.8 Å². The van der Waals surface area contributed by atoms with Crippen LogP contribution in [-0.4, -0.2) is 94.0 Å². The first kappa shape index (κ1) is 26.0. The monoisotopic (exact) mass is 495 g/mol. The molecule has 0 spiro atoms. The summed E-state index contributed by atoms with van der Waals surface area (Å²) in [5, 5.41) is 2.73. The van der Waals surface area contributed by atoms with Gasteiger partial charge >= 0.3 is 12.1 Å². The molecule has 0 bridgehead atoms. The summed E-state index contributed by atoms with van der Waals surface area (Å²) in [6.07, 6.45) is 0.997. The van der Waals surface area contributed by atoms with Gasteiger partial charge in [0.1, 0.15) is 17.9 Å². The Hall–Kier alpha value is -2.64. The van der Waals surface area contributed by atoms with E-state index in [2.05, 4.69) is 20.3 Å². The Morgan fingerprint density at radius 2 is 1.97 bits per heavy atom. The number of imidazole rings is 1. The maximum Gasteiger partial charge on any atom is 0.407 e. The highest BCUT2D eigenvalue weighted by Gasteiger charge is 2.51. The molecular formula is C21H33N7O5S. The number of carbonyl (C=O) groups is 2. The highest BCUT2D eigenvalue weighted by Crippen LogP contribution is 2.38. The number of fused-ring (bicyclic) bond motifs is 1. The number of esters is 1. The second-order valence-electron chi connectivity index (χ2n) is 9.32. The Morgan fingerprint density at radius 3 is 2.62 bits per heavy atom. The Labute approximate surface area is 202 Å². The molecular weight excluding hydrogens is 462 g/mol. The molecule has 0 radical (unpaired) electrons. The largest absolute Gasteiger partial charge is 0.453 e. The number of nitrogens with one attached hydrogen (secondary N) is 1. The van der Waals surface area contributed by atoms with E-state index < -0.39 is 42.0 Å². The summed E-state index contributed by atoms with van der Waals surface area (Å²) in [5.41, 5.74) is 5.99. The minimum Gasteiger partial charge on any atom is -0.453 e. The zero-order chi connectivity index (χ0) is 25.0. The number of alkyl carbamates (subject to hydrolysis) is 1. The number of nitrogens with two attached hydrogens (primary N) is 1. The van der Waals surface area contributed by atoms with Gasteiger partial charge in [-0.1, -0.05) is 0 Å². The molecule has 34 heavy (non-hydrogen) atoms. The molecule has 3 N–H and O–H groups in total. The van der Waals surface area contributed by atoms with Crippen LogP contribution in [0.2, 0.25) is 0 Å². The van der Waals surface area contributed by atoms with Crippen molar-refractivity contribution in [3.8, 4) is 0 Å². The van der Waals surface area contributed by atoms with Crippen LogP contribution < -0.4 is 11.1 Å². The number of carbonyl (C=O) groups excluding carboxylic acids is 2. The molecule has 188 valence electrons. The van der Waals surface area contributed by atoms with Crippen LogP contribution in [0, 0.1) is 5.41 Å². The van der Waals surface area contributed by atoms with E-state index in [0.29, 0.717) is 30.0 Å². The number of ether oxygens (including phenoxy) is 3. The Kier molecular flexibility index (Phi) is 8.21. The minimum absolute atomic E-state index is 0.221. The fraction of sp³-hybridized carbons (Fsp3) is 0.667. The first-order valence-corrected chi connectivity index (χ1v) is 12.3. The van der Waals surface area contributed by atoms with E-state index in [9.17, 15) is 9.59 Å². The summed E-state index contributed by atoms with van der Waals surface area (Å²) < 4.78 is 19.6. The van der Waals surface area contributed by atoms with Gasteiger partial charge < -0.3 is 30.2 Å². The average molecular weight is 496 g/mol. The molecule has 1 saturated heterocycles. The van der Waals surface area contributed by atoms with E-state index in [1.165, 1.54) is 24.4 Å². The fourth-order valence-corrected chi connectivity index (χ4v) is 4.00. The summed E-state index contributed by atoms with van der Waals surface area (Å²) in [7, 11) is 3.81. The van der Waals surface area contributed by atoms with Crippen molar-refractivity contribution in [1.82, 2.24) is 29.7 Å². The summed E-state index contributed by atoms with van der Waals surface area (Å²) in [5.74, 6) is 0.286. The number of hydrogen-bond acceptors (Lipinski definition) is 11. The maximum atomic E-state index is 12.9. The number of hydrogen-bond donors (Lipinski definition) is 2. The third-order valence-corrected chi connectivity index (χ3v) is 5.87. The molecule has 1 amide bonds. The highest BCUT2D eigenvalue weighted by molar-refractivity contribution is 7.98. The first-order chi connectivity index (χ1) is 16.0. The molecule has 0 aliphatic carbocycles. The number of thioether (sulfide) groups is 1. The standard InChI is InChI=1S/C21H33N7O5S/c1-21(2,3)19(29)32-15-14(33-20(30)23-7-8-27(4)5)12(9-34-6)31-18(15)28-11-26-13-16(22)24-10-25-17(13)28/h10-12,14-15,18H,7-9H2,1-6H3,(H,23,30)(H2,22,24,25)/t12-,14-,15-,18-/m1/s1. The Balaban J connectivity index is 1.94. The van der Waals surface area contributed by atoms with Gasteiger partial charge in [-0.25, -0.2) is 19.7 Å². The predicted octanol–water partition coefficient (Wildman–Crippen LogP) is 1.28. The van der Waals surface area contributed by atoms with E-state index in [0.717, 1.165) is 0 Å². The van der Waals surface area contributed by atoms with Crippen molar-refractivity contribution in [2.24, 2.45) is 5.41 Å². The van der Waals surface area contributed by atoms with Crippen LogP contribution >= 0.6 is 11.8 Å². The van der Waals surface area contributed by atoms with Crippen LogP contribution in [0.1, 0.15) is 27.0 Å². The van der Waals surface area contributed by atoms with Crippen molar-refractivity contribution >= 4 is 40.8 Å². The molecule has 0 unspecified atom stereocenters. The van der Waals surface area contributed by atoms with Crippen molar-refractivity contribution in [2.75, 3.05) is 44.9 Å². The van der Waals surface area contributed by atoms with Crippen molar-refractivity contribution in [3.05, 3.63) is 12.7 Å². The number of likely N-dealkylation sites (N-methyl/N-ethyl adjacent to an activating group) is 1. The summed E-state index contributed by atoms with van der Waals surface area (Å²) in [6, 6.07) is 0. The van der Waals surface area contributed by atoms with Gasteiger partial charge in [-0.15, -0.1) is 0 Å². The Bertz CT molecular complexity index is 1010. The maximum absolute atomic E-state index is 12.9. The van der Waals surface area contributed by atoms with Crippen molar-refractivity contribution in [3.63, 3.8) is 0 Å². The minimum atomic E-state index is -0.933. The number of amides is 1. The fourth-order valence-electron chi connectivity index (χ4n) is 3.40. The smallest absolute Gasteiger partial charge is 0.407 e. The molecule has 1 aliphatic rings. The second kappa shape index (κ2) is 10.7. The molecule has 13 heteroatoms. The molecule has 3 rings (SSSR count). The quantitative estimate of drug-likeness (QED) is 0.510. The lowest BCUT2D eigenvalue weighted by Crippen LogP contribution is -2.44. The van der Waals surface area contributed by atoms with Gasteiger partial charge in [0, 0.05) is 18.8 Å². The van der Waals surface area contributed by atoms with Gasteiger partial charge in [-0.05, 0) is 41.1 Å². The predicted molar refractivity (Wildman–Crippen MR) is 128 cm³/mol. The lowest BCUT2D eigenvalue weighted by molar-refractivity contribution is -0.168. The topological polar surface area (TPSA) is 147 Å². The van der Waals surface area contributed by atoms with Crippen LogP contribution in [0.3, 0.4) is 0 Å². The van der Waals surface area contributed by atoms with Gasteiger partial charge in [0.15, 0.2) is 29.9 Å². The zero-order valence-electron chi connectivity index (χ0n) is 20.3. The SMILES string of the molecule is CSC[C@H]1O[C@@H](n2cnc3c(N)ncnc32)[C@H](OC(=O)C(C)(C)C)[C@@H]1OC(=O)NCCN(C)C. The molecule has 12 nitrogen and oxygen atoms in total. The molecule has 2 aromatic heterocycles. The molecule has 3 heterocycles. The van der Waals surface area contributed by atoms with Gasteiger partial charge in [-0.2, -0.15) is 11.8 Å². The van der Waals surface area contributed by atoms with Crippen LogP contribution in [0.25, 0.3) is 11.2 Å².